The highest BCUT2D eigenvalue weighted by Gasteiger charge is 2.09. The summed E-state index contributed by atoms with van der Waals surface area (Å²) in [6.45, 7) is 0. The molecule has 15 heavy (non-hydrogen) atoms. The molecule has 2 nitrogen and oxygen atoms in total. The molecule has 0 N–H and O–H groups in total. The van der Waals surface area contributed by atoms with E-state index in [9.17, 15) is 4.79 Å². The van der Waals surface area contributed by atoms with Crippen molar-refractivity contribution < 1.29 is 9.21 Å². The molecule has 0 unspecified atom stereocenters. The molecule has 0 aliphatic rings. The normalized spacial score (nSPS) is 10.2. The van der Waals surface area contributed by atoms with E-state index in [-0.39, 0.29) is 5.78 Å². The highest BCUT2D eigenvalue weighted by Crippen LogP contribution is 2.18. The summed E-state index contributed by atoms with van der Waals surface area (Å²) in [5, 5.41) is 0. The fourth-order valence-corrected chi connectivity index (χ4v) is 1.76. The molecule has 2 rings (SSSR count). The van der Waals surface area contributed by atoms with Crippen molar-refractivity contribution in [3.8, 4) is 0 Å². The molecule has 2 aromatic rings. The highest BCUT2D eigenvalue weighted by atomic mass is 79.9. The predicted molar refractivity (Wildman–Crippen MR) is 60.9 cm³/mol. The van der Waals surface area contributed by atoms with Crippen LogP contribution >= 0.6 is 15.9 Å². The van der Waals surface area contributed by atoms with Crippen molar-refractivity contribution in [2.24, 2.45) is 0 Å². The minimum atomic E-state index is 0.0654. The molecular formula is C12H9BrO2. The molecule has 1 aromatic heterocycles. The van der Waals surface area contributed by atoms with Crippen LogP contribution in [0.25, 0.3) is 0 Å². The maximum atomic E-state index is 11.7. The number of benzene rings is 1. The summed E-state index contributed by atoms with van der Waals surface area (Å²) in [4.78, 5) is 11.7. The Morgan fingerprint density at radius 3 is 2.73 bits per heavy atom. The largest absolute Gasteiger partial charge is 0.472 e. The van der Waals surface area contributed by atoms with Gasteiger partial charge in [-0.2, -0.15) is 0 Å². The van der Waals surface area contributed by atoms with Crippen LogP contribution in [0.1, 0.15) is 15.9 Å². The van der Waals surface area contributed by atoms with Crippen LogP contribution in [0.2, 0.25) is 0 Å². The van der Waals surface area contributed by atoms with Crippen LogP contribution < -0.4 is 0 Å². The Hall–Kier alpha value is -1.35. The van der Waals surface area contributed by atoms with Crippen molar-refractivity contribution >= 4 is 21.7 Å². The van der Waals surface area contributed by atoms with Crippen molar-refractivity contribution in [2.75, 3.05) is 0 Å². The second kappa shape index (κ2) is 4.45. The Balaban J connectivity index is 2.17. The van der Waals surface area contributed by atoms with Gasteiger partial charge in [-0.05, 0) is 17.7 Å². The molecule has 76 valence electrons. The quantitative estimate of drug-likeness (QED) is 0.795. The number of carbonyl (C=O) groups is 1. The number of furan rings is 1. The lowest BCUT2D eigenvalue weighted by molar-refractivity contribution is 0.0992. The topological polar surface area (TPSA) is 30.2 Å². The summed E-state index contributed by atoms with van der Waals surface area (Å²) in [6.07, 6.45) is 3.37. The van der Waals surface area contributed by atoms with Crippen LogP contribution in [0.3, 0.4) is 0 Å². The predicted octanol–water partition coefficient (Wildman–Crippen LogP) is 3.47. The van der Waals surface area contributed by atoms with E-state index in [0.29, 0.717) is 12.0 Å². The van der Waals surface area contributed by atoms with Gasteiger partial charge in [0.2, 0.25) is 0 Å². The van der Waals surface area contributed by atoms with Crippen LogP contribution in [0.15, 0.2) is 51.7 Å². The van der Waals surface area contributed by atoms with E-state index >= 15 is 0 Å². The number of carbonyl (C=O) groups excluding carboxylic acids is 1. The zero-order chi connectivity index (χ0) is 10.7. The van der Waals surface area contributed by atoms with Crippen molar-refractivity contribution in [2.45, 2.75) is 6.42 Å². The fraction of sp³-hybridized carbons (Fsp3) is 0.0833. The number of halogens is 1. The standard InChI is InChI=1S/C12H9BrO2/c13-11-4-2-1-3-9(11)7-12(14)10-5-6-15-8-10/h1-6,8H,7H2. The molecule has 0 amide bonds. The van der Waals surface area contributed by atoms with E-state index in [0.717, 1.165) is 10.0 Å². The van der Waals surface area contributed by atoms with Crippen LogP contribution in [0, 0.1) is 0 Å². The molecule has 1 aromatic carbocycles. The van der Waals surface area contributed by atoms with Gasteiger partial charge in [-0.1, -0.05) is 34.1 Å². The molecule has 0 spiro atoms. The van der Waals surface area contributed by atoms with Gasteiger partial charge in [0, 0.05) is 10.9 Å². The molecule has 0 saturated carbocycles. The third-order valence-corrected chi connectivity index (χ3v) is 2.93. The van der Waals surface area contributed by atoms with Gasteiger partial charge >= 0.3 is 0 Å². The lowest BCUT2D eigenvalue weighted by atomic mass is 10.1. The van der Waals surface area contributed by atoms with Gasteiger partial charge in [-0.15, -0.1) is 0 Å². The highest BCUT2D eigenvalue weighted by molar-refractivity contribution is 9.10. The van der Waals surface area contributed by atoms with E-state index < -0.39 is 0 Å². The summed E-state index contributed by atoms with van der Waals surface area (Å²) in [5.74, 6) is 0.0654. The molecule has 0 saturated heterocycles. The van der Waals surface area contributed by atoms with E-state index in [2.05, 4.69) is 15.9 Å². The Kier molecular flexibility index (Phi) is 3.02. The van der Waals surface area contributed by atoms with Gasteiger partial charge in [0.1, 0.15) is 6.26 Å². The summed E-state index contributed by atoms with van der Waals surface area (Å²) in [7, 11) is 0. The first-order valence-electron chi connectivity index (χ1n) is 4.56. The lowest BCUT2D eigenvalue weighted by Gasteiger charge is -2.01. The van der Waals surface area contributed by atoms with Crippen molar-refractivity contribution in [1.82, 2.24) is 0 Å². The number of rotatable bonds is 3. The van der Waals surface area contributed by atoms with Gasteiger partial charge in [-0.25, -0.2) is 0 Å². The lowest BCUT2D eigenvalue weighted by Crippen LogP contribution is -2.02. The Morgan fingerprint density at radius 2 is 2.07 bits per heavy atom. The third-order valence-electron chi connectivity index (χ3n) is 2.15. The molecule has 0 bridgehead atoms. The smallest absolute Gasteiger partial charge is 0.170 e. The summed E-state index contributed by atoms with van der Waals surface area (Å²) in [6, 6.07) is 9.39. The molecule has 0 aliphatic carbocycles. The third kappa shape index (κ3) is 2.36. The van der Waals surface area contributed by atoms with E-state index in [1.165, 1.54) is 12.5 Å². The Labute approximate surface area is 96.0 Å². The van der Waals surface area contributed by atoms with Crippen molar-refractivity contribution in [1.29, 1.82) is 0 Å². The zero-order valence-electron chi connectivity index (χ0n) is 7.94. The molecule has 0 aliphatic heterocycles. The summed E-state index contributed by atoms with van der Waals surface area (Å²) in [5.41, 5.74) is 1.61. The van der Waals surface area contributed by atoms with Crippen LogP contribution in [0.5, 0.6) is 0 Å². The Bertz CT molecular complexity index is 460. The second-order valence-electron chi connectivity index (χ2n) is 3.20. The van der Waals surface area contributed by atoms with Crippen molar-refractivity contribution in [3.05, 3.63) is 58.5 Å². The monoisotopic (exact) mass is 264 g/mol. The molecular weight excluding hydrogens is 256 g/mol. The molecule has 0 radical (unpaired) electrons. The summed E-state index contributed by atoms with van der Waals surface area (Å²) < 4.78 is 5.83. The van der Waals surface area contributed by atoms with E-state index in [1.807, 2.05) is 24.3 Å². The minimum absolute atomic E-state index is 0.0654. The van der Waals surface area contributed by atoms with Crippen LogP contribution in [-0.4, -0.2) is 5.78 Å². The molecule has 1 heterocycles. The molecule has 3 heteroatoms. The number of hydrogen-bond donors (Lipinski definition) is 0. The maximum Gasteiger partial charge on any atom is 0.170 e. The fourth-order valence-electron chi connectivity index (χ4n) is 1.34. The minimum Gasteiger partial charge on any atom is -0.472 e. The first kappa shape index (κ1) is 10.2. The van der Waals surface area contributed by atoms with Gasteiger partial charge in [-0.3, -0.25) is 4.79 Å². The Morgan fingerprint density at radius 1 is 1.27 bits per heavy atom. The number of ketones is 1. The average Bonchev–Trinajstić information content (AvgIpc) is 2.74. The van der Waals surface area contributed by atoms with Crippen LogP contribution in [-0.2, 0) is 6.42 Å². The van der Waals surface area contributed by atoms with Crippen LogP contribution in [0.4, 0.5) is 0 Å². The van der Waals surface area contributed by atoms with E-state index in [4.69, 9.17) is 4.42 Å². The van der Waals surface area contributed by atoms with Crippen molar-refractivity contribution in [3.63, 3.8) is 0 Å². The maximum absolute atomic E-state index is 11.7. The average molecular weight is 265 g/mol. The molecule has 0 fully saturated rings. The second-order valence-corrected chi connectivity index (χ2v) is 4.06. The van der Waals surface area contributed by atoms with E-state index in [1.54, 1.807) is 6.07 Å². The number of Topliss-reactive ketones (excluding diaryl/α,β-unsaturated/α-hetero) is 1. The first-order valence-corrected chi connectivity index (χ1v) is 5.35. The van der Waals surface area contributed by atoms with Gasteiger partial charge in [0.25, 0.3) is 0 Å². The molecule has 0 atom stereocenters. The SMILES string of the molecule is O=C(Cc1ccccc1Br)c1ccoc1. The van der Waals surface area contributed by atoms with Gasteiger partial charge < -0.3 is 4.42 Å². The zero-order valence-corrected chi connectivity index (χ0v) is 9.53. The number of hydrogen-bond acceptors (Lipinski definition) is 2. The first-order chi connectivity index (χ1) is 7.27. The van der Waals surface area contributed by atoms with Gasteiger partial charge in [0.15, 0.2) is 5.78 Å². The summed E-state index contributed by atoms with van der Waals surface area (Å²) >= 11 is 3.41. The van der Waals surface area contributed by atoms with Gasteiger partial charge in [0.05, 0.1) is 11.8 Å².